The summed E-state index contributed by atoms with van der Waals surface area (Å²) >= 11 is 0. The molecule has 1 nitrogen and oxygen atoms in total. The van der Waals surface area contributed by atoms with Crippen molar-refractivity contribution in [1.82, 2.24) is 0 Å². The molecule has 0 spiro atoms. The number of halogens is 5. The standard InChI is InChI=1S/C23H31F5NP.Ti/c1-21(2,3)30(22(4,5)6,23(7,8)9)29-14-12-10-11-13(14)15-16(24)18(26)20(28)19(27)17(15)25;/h10-11H,12H2,1-9H3;. The quantitative estimate of drug-likeness (QED) is 0.128. The number of nitrogens with zero attached hydrogens (tertiary/aromatic N) is 1. The van der Waals surface area contributed by atoms with Crippen molar-refractivity contribution in [3.63, 3.8) is 0 Å². The second-order valence-corrected chi connectivity index (χ2v) is 16.2. The van der Waals surface area contributed by atoms with Crippen LogP contribution in [0.3, 0.4) is 0 Å². The molecule has 172 valence electrons. The van der Waals surface area contributed by atoms with E-state index in [4.69, 9.17) is 4.74 Å². The van der Waals surface area contributed by atoms with Crippen LogP contribution in [0.15, 0.2) is 22.6 Å². The Bertz CT molecular complexity index is 917. The normalized spacial score (nSPS) is 15.4. The summed E-state index contributed by atoms with van der Waals surface area (Å²) in [6, 6.07) is 0. The Hall–Kier alpha value is -0.706. The molecule has 31 heavy (non-hydrogen) atoms. The van der Waals surface area contributed by atoms with Crippen LogP contribution in [-0.2, 0) is 21.7 Å². The monoisotopic (exact) mass is 495 g/mol. The van der Waals surface area contributed by atoms with Gasteiger partial charge in [-0.15, -0.1) is 0 Å². The van der Waals surface area contributed by atoms with Crippen LogP contribution in [0, 0.1) is 29.1 Å². The Morgan fingerprint density at radius 2 is 1.03 bits per heavy atom. The van der Waals surface area contributed by atoms with Gasteiger partial charge in [-0.3, -0.25) is 4.74 Å². The van der Waals surface area contributed by atoms with Crippen molar-refractivity contribution in [2.75, 3.05) is 0 Å². The summed E-state index contributed by atoms with van der Waals surface area (Å²) in [4.78, 5) is 0. The maximum Gasteiger partial charge on any atom is 0.200 e. The second-order valence-electron chi connectivity index (χ2n) is 10.7. The minimum Gasteiger partial charge on any atom is -0.269 e. The first-order chi connectivity index (χ1) is 13.4. The molecular formula is C23H31F5NPTi. The fourth-order valence-corrected chi connectivity index (χ4v) is 12.8. The van der Waals surface area contributed by atoms with Gasteiger partial charge in [-0.25, -0.2) is 22.0 Å². The van der Waals surface area contributed by atoms with Gasteiger partial charge in [0, 0.05) is 33.7 Å². The molecule has 0 N–H and O–H groups in total. The zero-order valence-corrected chi connectivity index (χ0v) is 22.1. The van der Waals surface area contributed by atoms with Gasteiger partial charge < -0.3 is 0 Å². The largest absolute Gasteiger partial charge is 0.269 e. The number of allylic oxidation sites excluding steroid dienone is 3. The maximum absolute atomic E-state index is 14.5. The first-order valence-electron chi connectivity index (χ1n) is 9.92. The summed E-state index contributed by atoms with van der Waals surface area (Å²) in [6.45, 7) is 18.9. The zero-order chi connectivity index (χ0) is 23.4. The van der Waals surface area contributed by atoms with E-state index < -0.39 is 41.7 Å². The van der Waals surface area contributed by atoms with Gasteiger partial charge in [-0.05, 0) is 22.5 Å². The third kappa shape index (κ3) is 4.54. The molecule has 1 aliphatic carbocycles. The molecular weight excluding hydrogens is 464 g/mol. The van der Waals surface area contributed by atoms with Crippen molar-refractivity contribution in [3.8, 4) is 0 Å². The number of hydrogen-bond acceptors (Lipinski definition) is 1. The molecule has 1 aromatic carbocycles. The van der Waals surface area contributed by atoms with E-state index in [0.717, 1.165) is 0 Å². The summed E-state index contributed by atoms with van der Waals surface area (Å²) < 4.78 is 75.5. The Balaban J connectivity index is 0.00000480. The molecule has 1 aromatic rings. The predicted octanol–water partition coefficient (Wildman–Crippen LogP) is 8.65. The van der Waals surface area contributed by atoms with E-state index in [1.807, 2.05) is 0 Å². The van der Waals surface area contributed by atoms with Crippen molar-refractivity contribution in [1.29, 1.82) is 0 Å². The molecule has 0 unspecified atom stereocenters. The number of hydrogen-bond donors (Lipinski definition) is 0. The smallest absolute Gasteiger partial charge is 0.200 e. The summed E-state index contributed by atoms with van der Waals surface area (Å²) in [6.07, 6.45) is 3.33. The molecule has 0 fully saturated rings. The van der Waals surface area contributed by atoms with Crippen LogP contribution in [0.25, 0.3) is 5.57 Å². The molecule has 0 saturated heterocycles. The Morgan fingerprint density at radius 1 is 0.677 bits per heavy atom. The average Bonchev–Trinajstić information content (AvgIpc) is 3.00. The Morgan fingerprint density at radius 3 is 1.39 bits per heavy atom. The summed E-state index contributed by atoms with van der Waals surface area (Å²) in [5.74, 6) is -9.70. The summed E-state index contributed by atoms with van der Waals surface area (Å²) in [5.41, 5.74) is -0.579. The SMILES string of the molecule is CC(C)(C)P(=NC1=C(c2c(F)c(F)c(F)c(F)c2F)C=CC1)(C(C)(C)C)C(C)(C)C.[Ti]. The zero-order valence-electron chi connectivity index (χ0n) is 19.6. The summed E-state index contributed by atoms with van der Waals surface area (Å²) in [7, 11) is -2.30. The molecule has 0 bridgehead atoms. The average molecular weight is 495 g/mol. The van der Waals surface area contributed by atoms with Crippen molar-refractivity contribution in [2.24, 2.45) is 4.74 Å². The molecule has 0 amide bonds. The Labute approximate surface area is 197 Å². The molecule has 1 aliphatic rings. The minimum atomic E-state index is -2.30. The van der Waals surface area contributed by atoms with Gasteiger partial charge in [-0.1, -0.05) is 74.5 Å². The van der Waals surface area contributed by atoms with Gasteiger partial charge in [0.05, 0.1) is 11.3 Å². The fraction of sp³-hybridized carbons (Fsp3) is 0.565. The van der Waals surface area contributed by atoms with Gasteiger partial charge in [0.15, 0.2) is 23.3 Å². The van der Waals surface area contributed by atoms with Gasteiger partial charge in [-0.2, -0.15) is 0 Å². The minimum absolute atomic E-state index is 0. The molecule has 8 heteroatoms. The molecule has 0 heterocycles. The maximum atomic E-state index is 14.5. The van der Waals surface area contributed by atoms with E-state index in [0.29, 0.717) is 5.70 Å². The molecule has 0 aromatic heterocycles. The molecule has 0 atom stereocenters. The molecule has 0 radical (unpaired) electrons. The van der Waals surface area contributed by atoms with Gasteiger partial charge in [0.2, 0.25) is 5.82 Å². The van der Waals surface area contributed by atoms with E-state index >= 15 is 0 Å². The number of benzene rings is 1. The van der Waals surface area contributed by atoms with Crippen molar-refractivity contribution < 1.29 is 43.7 Å². The first kappa shape index (κ1) is 28.3. The van der Waals surface area contributed by atoms with Crippen LogP contribution in [-0.4, -0.2) is 15.5 Å². The third-order valence-corrected chi connectivity index (χ3v) is 11.9. The molecule has 0 aliphatic heterocycles. The van der Waals surface area contributed by atoms with Crippen LogP contribution < -0.4 is 0 Å². The van der Waals surface area contributed by atoms with Crippen molar-refractivity contribution >= 4 is 12.6 Å². The third-order valence-electron chi connectivity index (χ3n) is 5.57. The van der Waals surface area contributed by atoms with Crippen LogP contribution in [0.2, 0.25) is 0 Å². The van der Waals surface area contributed by atoms with Gasteiger partial charge >= 0.3 is 0 Å². The van der Waals surface area contributed by atoms with E-state index in [9.17, 15) is 22.0 Å². The second kappa shape index (κ2) is 8.91. The molecule has 0 saturated carbocycles. The van der Waals surface area contributed by atoms with Crippen LogP contribution >= 0.6 is 7.05 Å². The van der Waals surface area contributed by atoms with Gasteiger partial charge in [0.25, 0.3) is 0 Å². The van der Waals surface area contributed by atoms with Crippen LogP contribution in [0.5, 0.6) is 0 Å². The topological polar surface area (TPSA) is 12.4 Å². The van der Waals surface area contributed by atoms with E-state index in [2.05, 4.69) is 62.3 Å². The van der Waals surface area contributed by atoms with E-state index in [1.165, 1.54) is 6.08 Å². The number of rotatable bonds is 2. The Kier molecular flexibility index (Phi) is 8.14. The first-order valence-corrected chi connectivity index (χ1v) is 11.7. The van der Waals surface area contributed by atoms with Crippen molar-refractivity contribution in [3.05, 3.63) is 52.5 Å². The van der Waals surface area contributed by atoms with E-state index in [-0.39, 0.29) is 49.2 Å². The predicted molar refractivity (Wildman–Crippen MR) is 116 cm³/mol. The molecule has 2 rings (SSSR count). The van der Waals surface area contributed by atoms with E-state index in [1.54, 1.807) is 6.08 Å². The van der Waals surface area contributed by atoms with Crippen LogP contribution in [0.4, 0.5) is 22.0 Å². The van der Waals surface area contributed by atoms with Gasteiger partial charge in [0.1, 0.15) is 0 Å². The van der Waals surface area contributed by atoms with Crippen LogP contribution in [0.1, 0.15) is 74.3 Å². The fourth-order valence-electron chi connectivity index (χ4n) is 5.31. The summed E-state index contributed by atoms with van der Waals surface area (Å²) in [5, 5.41) is -0.790. The van der Waals surface area contributed by atoms with Crippen molar-refractivity contribution in [2.45, 2.75) is 84.2 Å².